The van der Waals surface area contributed by atoms with E-state index in [4.69, 9.17) is 4.74 Å². The van der Waals surface area contributed by atoms with Crippen molar-refractivity contribution in [3.63, 3.8) is 0 Å². The van der Waals surface area contributed by atoms with Gasteiger partial charge in [-0.1, -0.05) is 30.3 Å². The smallest absolute Gasteiger partial charge is 0.407 e. The van der Waals surface area contributed by atoms with Crippen LogP contribution in [0.3, 0.4) is 0 Å². The fourth-order valence-corrected chi connectivity index (χ4v) is 3.34. The van der Waals surface area contributed by atoms with E-state index in [9.17, 15) is 4.79 Å². The highest BCUT2D eigenvalue weighted by molar-refractivity contribution is 5.69. The Balaban J connectivity index is 1.56. The van der Waals surface area contributed by atoms with Gasteiger partial charge in [-0.3, -0.25) is 0 Å². The summed E-state index contributed by atoms with van der Waals surface area (Å²) in [6.07, 6.45) is 1.95. The number of nitrogens with one attached hydrogen (secondary N) is 1. The van der Waals surface area contributed by atoms with E-state index in [-0.39, 0.29) is 12.1 Å². The molecule has 0 spiro atoms. The van der Waals surface area contributed by atoms with Gasteiger partial charge in [0.25, 0.3) is 5.78 Å². The summed E-state index contributed by atoms with van der Waals surface area (Å²) in [5, 5.41) is 7.28. The normalized spacial score (nSPS) is 17.1. The van der Waals surface area contributed by atoms with Gasteiger partial charge in [0.15, 0.2) is 0 Å². The molecule has 1 N–H and O–H groups in total. The third-order valence-electron chi connectivity index (χ3n) is 4.54. The van der Waals surface area contributed by atoms with Crippen LogP contribution in [0.1, 0.15) is 27.2 Å². The molecule has 8 nitrogen and oxygen atoms in total. The Bertz CT molecular complexity index is 979. The minimum absolute atomic E-state index is 0.0155. The first kappa shape index (κ1) is 18.2. The van der Waals surface area contributed by atoms with Crippen LogP contribution in [0.5, 0.6) is 0 Å². The van der Waals surface area contributed by atoms with Crippen molar-refractivity contribution in [3.05, 3.63) is 42.7 Å². The standard InChI is InChI=1S/C20H24N6O2/c1-20(2,3)28-19(27)23-15-9-10-25(12-15)17-11-16(14-7-5-4-6-8-14)24-18-21-13-22-26(17)18/h4-8,11,13,15H,9-10,12H2,1-3H3,(H,23,27)/t15-/m0/s1. The maximum atomic E-state index is 12.1. The minimum atomic E-state index is -0.509. The molecule has 1 fully saturated rings. The van der Waals surface area contributed by atoms with Gasteiger partial charge < -0.3 is 15.0 Å². The molecule has 3 aromatic rings. The van der Waals surface area contributed by atoms with Gasteiger partial charge in [0.05, 0.1) is 11.7 Å². The number of alkyl carbamates (subject to hydrolysis) is 1. The Kier molecular flexibility index (Phi) is 4.62. The number of benzene rings is 1. The highest BCUT2D eigenvalue weighted by atomic mass is 16.6. The van der Waals surface area contributed by atoms with Crippen molar-refractivity contribution in [1.82, 2.24) is 24.9 Å². The zero-order valence-electron chi connectivity index (χ0n) is 16.3. The second kappa shape index (κ2) is 7.10. The molecule has 3 heterocycles. The number of rotatable bonds is 3. The molecule has 0 bridgehead atoms. The van der Waals surface area contributed by atoms with Crippen LogP contribution >= 0.6 is 0 Å². The van der Waals surface area contributed by atoms with Crippen LogP contribution in [-0.2, 0) is 4.74 Å². The Hall–Kier alpha value is -3.16. The number of aromatic nitrogens is 4. The van der Waals surface area contributed by atoms with Gasteiger partial charge in [-0.15, -0.1) is 0 Å². The Morgan fingerprint density at radius 3 is 2.79 bits per heavy atom. The SMILES string of the molecule is CC(C)(C)OC(=O)N[C@H]1CCN(c2cc(-c3ccccc3)nc3ncnn23)C1. The van der Waals surface area contributed by atoms with Crippen molar-refractivity contribution in [2.24, 2.45) is 0 Å². The molecule has 2 aromatic heterocycles. The quantitative estimate of drug-likeness (QED) is 0.752. The van der Waals surface area contributed by atoms with Crippen molar-refractivity contribution in [2.45, 2.75) is 38.8 Å². The lowest BCUT2D eigenvalue weighted by atomic mass is 10.1. The van der Waals surface area contributed by atoms with E-state index in [2.05, 4.69) is 25.3 Å². The molecule has 1 aliphatic heterocycles. The van der Waals surface area contributed by atoms with Crippen molar-refractivity contribution in [1.29, 1.82) is 0 Å². The van der Waals surface area contributed by atoms with Gasteiger partial charge in [-0.25, -0.2) is 9.78 Å². The number of fused-ring (bicyclic) bond motifs is 1. The van der Waals surface area contributed by atoms with Crippen LogP contribution in [0.15, 0.2) is 42.7 Å². The number of amides is 1. The summed E-state index contributed by atoms with van der Waals surface area (Å²) in [6.45, 7) is 7.05. The number of carbonyl (C=O) groups excluding carboxylic acids is 1. The highest BCUT2D eigenvalue weighted by Gasteiger charge is 2.28. The lowest BCUT2D eigenvalue weighted by Gasteiger charge is -2.22. The largest absolute Gasteiger partial charge is 0.444 e. The summed E-state index contributed by atoms with van der Waals surface area (Å²) >= 11 is 0. The fourth-order valence-electron chi connectivity index (χ4n) is 3.34. The molecule has 146 valence electrons. The summed E-state index contributed by atoms with van der Waals surface area (Å²) in [5.74, 6) is 1.47. The van der Waals surface area contributed by atoms with E-state index in [0.717, 1.165) is 30.0 Å². The molecule has 8 heteroatoms. The number of carbonyl (C=O) groups is 1. The van der Waals surface area contributed by atoms with Crippen LogP contribution in [-0.4, -0.2) is 50.4 Å². The maximum absolute atomic E-state index is 12.1. The fraction of sp³-hybridized carbons (Fsp3) is 0.400. The van der Waals surface area contributed by atoms with Crippen molar-refractivity contribution >= 4 is 17.7 Å². The molecule has 0 saturated carbocycles. The average molecular weight is 380 g/mol. The summed E-state index contributed by atoms with van der Waals surface area (Å²) in [5.41, 5.74) is 1.36. The van der Waals surface area contributed by atoms with Gasteiger partial charge in [0.2, 0.25) is 0 Å². The summed E-state index contributed by atoms with van der Waals surface area (Å²) in [6, 6.07) is 12.0. The van der Waals surface area contributed by atoms with Crippen LogP contribution in [0.25, 0.3) is 17.0 Å². The van der Waals surface area contributed by atoms with Gasteiger partial charge >= 0.3 is 6.09 Å². The molecule has 4 rings (SSSR count). The van der Waals surface area contributed by atoms with E-state index in [1.54, 1.807) is 4.52 Å². The molecule has 1 amide bonds. The lowest BCUT2D eigenvalue weighted by molar-refractivity contribution is 0.0509. The van der Waals surface area contributed by atoms with Crippen LogP contribution in [0.2, 0.25) is 0 Å². The summed E-state index contributed by atoms with van der Waals surface area (Å²) in [7, 11) is 0. The van der Waals surface area contributed by atoms with Gasteiger partial charge in [0.1, 0.15) is 17.7 Å². The monoisotopic (exact) mass is 380 g/mol. The number of nitrogens with zero attached hydrogens (tertiary/aromatic N) is 5. The number of hydrogen-bond donors (Lipinski definition) is 1. The molecule has 1 atom stereocenters. The molecule has 0 radical (unpaired) electrons. The molecule has 1 aromatic carbocycles. The summed E-state index contributed by atoms with van der Waals surface area (Å²) in [4.78, 5) is 23.2. The first-order valence-corrected chi connectivity index (χ1v) is 9.40. The Labute approximate surface area is 163 Å². The number of hydrogen-bond acceptors (Lipinski definition) is 6. The van der Waals surface area contributed by atoms with E-state index < -0.39 is 5.60 Å². The topological polar surface area (TPSA) is 84.6 Å². The highest BCUT2D eigenvalue weighted by Crippen LogP contribution is 2.26. The van der Waals surface area contributed by atoms with Gasteiger partial charge in [-0.05, 0) is 27.2 Å². The minimum Gasteiger partial charge on any atom is -0.444 e. The molecule has 0 unspecified atom stereocenters. The molecular weight excluding hydrogens is 356 g/mol. The number of anilines is 1. The molecule has 0 aliphatic carbocycles. The van der Waals surface area contributed by atoms with E-state index >= 15 is 0 Å². The zero-order valence-corrected chi connectivity index (χ0v) is 16.3. The van der Waals surface area contributed by atoms with Crippen molar-refractivity contribution < 1.29 is 9.53 Å². The lowest BCUT2D eigenvalue weighted by Crippen LogP contribution is -2.40. The maximum Gasteiger partial charge on any atom is 0.407 e. The van der Waals surface area contributed by atoms with Crippen molar-refractivity contribution in [3.8, 4) is 11.3 Å². The predicted molar refractivity (Wildman–Crippen MR) is 106 cm³/mol. The number of ether oxygens (including phenoxy) is 1. The summed E-state index contributed by atoms with van der Waals surface area (Å²) < 4.78 is 7.11. The van der Waals surface area contributed by atoms with Crippen LogP contribution in [0, 0.1) is 0 Å². The van der Waals surface area contributed by atoms with Crippen LogP contribution < -0.4 is 10.2 Å². The predicted octanol–water partition coefficient (Wildman–Crippen LogP) is 2.89. The van der Waals surface area contributed by atoms with E-state index in [1.807, 2.05) is 57.2 Å². The molecule has 1 saturated heterocycles. The Morgan fingerprint density at radius 1 is 1.25 bits per heavy atom. The molecule has 1 aliphatic rings. The van der Waals surface area contributed by atoms with Crippen molar-refractivity contribution in [2.75, 3.05) is 18.0 Å². The third-order valence-corrected chi connectivity index (χ3v) is 4.54. The molecule has 28 heavy (non-hydrogen) atoms. The van der Waals surface area contributed by atoms with Gasteiger partial charge in [-0.2, -0.15) is 14.6 Å². The van der Waals surface area contributed by atoms with E-state index in [1.165, 1.54) is 6.33 Å². The van der Waals surface area contributed by atoms with Gasteiger partial charge in [0, 0.05) is 24.7 Å². The average Bonchev–Trinajstić information content (AvgIpc) is 3.29. The third kappa shape index (κ3) is 3.90. The second-order valence-electron chi connectivity index (χ2n) is 7.92. The van der Waals surface area contributed by atoms with E-state index in [0.29, 0.717) is 12.3 Å². The van der Waals surface area contributed by atoms with Crippen LogP contribution in [0.4, 0.5) is 10.6 Å². The second-order valence-corrected chi connectivity index (χ2v) is 7.92. The zero-order chi connectivity index (χ0) is 19.7. The first-order valence-electron chi connectivity index (χ1n) is 9.40. The first-order chi connectivity index (χ1) is 13.4. The molecular formula is C20H24N6O2. The Morgan fingerprint density at radius 2 is 2.04 bits per heavy atom.